The highest BCUT2D eigenvalue weighted by atomic mass is 79.9. The molecule has 1 aromatic rings. The number of rotatable bonds is 2. The average Bonchev–Trinajstić information content (AvgIpc) is 2.23. The summed E-state index contributed by atoms with van der Waals surface area (Å²) >= 11 is 8.12. The van der Waals surface area contributed by atoms with Crippen molar-refractivity contribution >= 4 is 39.5 Å². The highest BCUT2D eigenvalue weighted by molar-refractivity contribution is 9.10. The molecule has 0 heterocycles. The zero-order valence-corrected chi connectivity index (χ0v) is 10.4. The van der Waals surface area contributed by atoms with Crippen molar-refractivity contribution in [1.29, 1.82) is 0 Å². The van der Waals surface area contributed by atoms with E-state index < -0.39 is 0 Å². The van der Waals surface area contributed by atoms with Gasteiger partial charge in [0.2, 0.25) is 0 Å². The summed E-state index contributed by atoms with van der Waals surface area (Å²) in [5.74, 6) is 0.166. The zero-order chi connectivity index (χ0) is 11.3. The highest BCUT2D eigenvalue weighted by Crippen LogP contribution is 2.19. The van der Waals surface area contributed by atoms with E-state index in [0.717, 1.165) is 4.47 Å². The van der Waals surface area contributed by atoms with E-state index in [4.69, 9.17) is 12.2 Å². The molecule has 0 atom stereocenters. The van der Waals surface area contributed by atoms with Gasteiger partial charge >= 0.3 is 0 Å². The molecule has 4 nitrogen and oxygen atoms in total. The number of aromatic hydroxyl groups is 1. The largest absolute Gasteiger partial charge is 0.507 e. The van der Waals surface area contributed by atoms with Crippen LogP contribution in [0.1, 0.15) is 5.56 Å². The van der Waals surface area contributed by atoms with Crippen molar-refractivity contribution in [1.82, 2.24) is 10.7 Å². The van der Waals surface area contributed by atoms with Crippen LogP contribution in [0.3, 0.4) is 0 Å². The lowest BCUT2D eigenvalue weighted by molar-refractivity contribution is 0.474. The van der Waals surface area contributed by atoms with Crippen molar-refractivity contribution in [2.45, 2.75) is 0 Å². The van der Waals surface area contributed by atoms with Crippen LogP contribution in [-0.4, -0.2) is 23.5 Å². The molecule has 15 heavy (non-hydrogen) atoms. The number of hydrogen-bond donors (Lipinski definition) is 3. The van der Waals surface area contributed by atoms with E-state index in [0.29, 0.717) is 10.7 Å². The monoisotopic (exact) mass is 287 g/mol. The summed E-state index contributed by atoms with van der Waals surface area (Å²) in [5.41, 5.74) is 3.20. The van der Waals surface area contributed by atoms with E-state index in [1.54, 1.807) is 25.2 Å². The van der Waals surface area contributed by atoms with Gasteiger partial charge in [-0.3, -0.25) is 5.43 Å². The third-order valence-electron chi connectivity index (χ3n) is 1.59. The Balaban J connectivity index is 2.71. The number of hydrogen-bond acceptors (Lipinski definition) is 3. The van der Waals surface area contributed by atoms with Crippen molar-refractivity contribution in [2.24, 2.45) is 5.10 Å². The molecule has 3 N–H and O–H groups in total. The van der Waals surface area contributed by atoms with Crippen molar-refractivity contribution in [3.63, 3.8) is 0 Å². The second kappa shape index (κ2) is 5.67. The Morgan fingerprint density at radius 1 is 1.60 bits per heavy atom. The fourth-order valence-corrected chi connectivity index (χ4v) is 1.28. The maximum Gasteiger partial charge on any atom is 0.186 e. The Kier molecular flexibility index (Phi) is 4.51. The molecule has 0 aliphatic rings. The lowest BCUT2D eigenvalue weighted by Gasteiger charge is -2.01. The Morgan fingerprint density at radius 2 is 2.33 bits per heavy atom. The molecule has 0 spiro atoms. The first-order valence-electron chi connectivity index (χ1n) is 4.13. The molecule has 0 radical (unpaired) electrons. The van der Waals surface area contributed by atoms with E-state index in [1.165, 1.54) is 6.21 Å². The summed E-state index contributed by atoms with van der Waals surface area (Å²) in [4.78, 5) is 0. The van der Waals surface area contributed by atoms with Gasteiger partial charge < -0.3 is 10.4 Å². The van der Waals surface area contributed by atoms with Gasteiger partial charge in [-0.1, -0.05) is 15.9 Å². The fourth-order valence-electron chi connectivity index (χ4n) is 0.845. The van der Waals surface area contributed by atoms with E-state index in [-0.39, 0.29) is 5.75 Å². The van der Waals surface area contributed by atoms with Gasteiger partial charge in [0.1, 0.15) is 5.75 Å². The van der Waals surface area contributed by atoms with Crippen LogP contribution in [0, 0.1) is 0 Å². The lowest BCUT2D eigenvalue weighted by Crippen LogP contribution is -2.28. The predicted molar refractivity (Wildman–Crippen MR) is 68.2 cm³/mol. The molecule has 0 aliphatic heterocycles. The summed E-state index contributed by atoms with van der Waals surface area (Å²) in [6.45, 7) is 0. The number of halogens is 1. The Labute approximate surface area is 102 Å². The molecular formula is C9H10BrN3OS. The Bertz CT molecular complexity index is 395. The Morgan fingerprint density at radius 3 is 3.00 bits per heavy atom. The normalized spacial score (nSPS) is 10.3. The van der Waals surface area contributed by atoms with Crippen LogP contribution >= 0.6 is 28.1 Å². The van der Waals surface area contributed by atoms with Crippen molar-refractivity contribution in [3.05, 3.63) is 28.2 Å². The van der Waals surface area contributed by atoms with Gasteiger partial charge in [-0.25, -0.2) is 0 Å². The van der Waals surface area contributed by atoms with Crippen LogP contribution in [0.15, 0.2) is 27.8 Å². The second-order valence-corrected chi connectivity index (χ2v) is 3.98. The molecule has 6 heteroatoms. The second-order valence-electron chi connectivity index (χ2n) is 2.65. The number of thiocarbonyl (C=S) groups is 1. The number of hydrazone groups is 1. The molecule has 0 aliphatic carbocycles. The number of benzene rings is 1. The SMILES string of the molecule is CNC(=S)N/N=C\c1cc(Br)ccc1O. The quantitative estimate of drug-likeness (QED) is 0.439. The van der Waals surface area contributed by atoms with E-state index in [9.17, 15) is 5.11 Å². The minimum absolute atomic E-state index is 0.166. The molecule has 0 saturated heterocycles. The van der Waals surface area contributed by atoms with Gasteiger partial charge in [0.05, 0.1) is 6.21 Å². The molecule has 0 fully saturated rings. The van der Waals surface area contributed by atoms with Crippen LogP contribution < -0.4 is 10.7 Å². The van der Waals surface area contributed by atoms with Gasteiger partial charge in [-0.05, 0) is 30.4 Å². The first-order chi connectivity index (χ1) is 7.13. The van der Waals surface area contributed by atoms with Gasteiger partial charge in [-0.15, -0.1) is 0 Å². The molecular weight excluding hydrogens is 278 g/mol. The van der Waals surface area contributed by atoms with Crippen LogP contribution in [-0.2, 0) is 0 Å². The van der Waals surface area contributed by atoms with Crippen molar-refractivity contribution in [2.75, 3.05) is 7.05 Å². The van der Waals surface area contributed by atoms with E-state index >= 15 is 0 Å². The van der Waals surface area contributed by atoms with E-state index in [2.05, 4.69) is 31.8 Å². The summed E-state index contributed by atoms with van der Waals surface area (Å²) in [7, 11) is 1.70. The summed E-state index contributed by atoms with van der Waals surface area (Å²) in [6, 6.07) is 5.09. The zero-order valence-electron chi connectivity index (χ0n) is 7.99. The molecule has 0 unspecified atom stereocenters. The third-order valence-corrected chi connectivity index (χ3v) is 2.38. The standard InChI is InChI=1S/C9H10BrN3OS/c1-11-9(15)13-12-5-6-4-7(10)2-3-8(6)14/h2-5,14H,1H3,(H2,11,13,15)/b12-5-. The Hall–Kier alpha value is -1.14. The van der Waals surface area contributed by atoms with Gasteiger partial charge in [0.25, 0.3) is 0 Å². The van der Waals surface area contributed by atoms with Gasteiger partial charge in [0.15, 0.2) is 5.11 Å². The smallest absolute Gasteiger partial charge is 0.186 e. The summed E-state index contributed by atoms with van der Waals surface area (Å²) < 4.78 is 0.873. The summed E-state index contributed by atoms with van der Waals surface area (Å²) in [5, 5.41) is 16.5. The summed E-state index contributed by atoms with van der Waals surface area (Å²) in [6.07, 6.45) is 1.49. The van der Waals surface area contributed by atoms with Crippen LogP contribution in [0.2, 0.25) is 0 Å². The molecule has 0 amide bonds. The maximum absolute atomic E-state index is 9.47. The first-order valence-corrected chi connectivity index (χ1v) is 5.33. The van der Waals surface area contributed by atoms with Gasteiger partial charge in [0, 0.05) is 17.1 Å². The van der Waals surface area contributed by atoms with Crippen LogP contribution in [0.5, 0.6) is 5.75 Å². The maximum atomic E-state index is 9.47. The molecule has 0 bridgehead atoms. The lowest BCUT2D eigenvalue weighted by atomic mass is 10.2. The van der Waals surface area contributed by atoms with Crippen molar-refractivity contribution < 1.29 is 5.11 Å². The molecule has 1 aromatic carbocycles. The van der Waals surface area contributed by atoms with Gasteiger partial charge in [-0.2, -0.15) is 5.10 Å². The topological polar surface area (TPSA) is 56.7 Å². The van der Waals surface area contributed by atoms with Crippen LogP contribution in [0.25, 0.3) is 0 Å². The molecule has 1 rings (SSSR count). The minimum Gasteiger partial charge on any atom is -0.507 e. The predicted octanol–water partition coefficient (Wildman–Crippen LogP) is 1.58. The first kappa shape index (κ1) is 11.9. The van der Waals surface area contributed by atoms with Crippen molar-refractivity contribution in [3.8, 4) is 5.75 Å². The fraction of sp³-hybridized carbons (Fsp3) is 0.111. The third kappa shape index (κ3) is 3.85. The van der Waals surface area contributed by atoms with E-state index in [1.807, 2.05) is 0 Å². The van der Waals surface area contributed by atoms with Crippen LogP contribution in [0.4, 0.5) is 0 Å². The minimum atomic E-state index is 0.166. The average molecular weight is 288 g/mol. The molecule has 0 aromatic heterocycles. The number of nitrogens with one attached hydrogen (secondary N) is 2. The number of phenols is 1. The molecule has 80 valence electrons. The molecule has 0 saturated carbocycles. The highest BCUT2D eigenvalue weighted by Gasteiger charge is 1.98. The number of nitrogens with zero attached hydrogens (tertiary/aromatic N) is 1. The number of phenolic OH excluding ortho intramolecular Hbond substituents is 1.